The SMILES string of the molecule is CC(C)C(NC(=O)C(CCC(=O)O)NC(=O)C(N)Cc1ccc(O)cc1)C(=O)NCC(=O)O. The molecule has 0 spiro atoms. The van der Waals surface area contributed by atoms with Crippen LogP contribution in [0, 0.1) is 5.92 Å². The van der Waals surface area contributed by atoms with Crippen LogP contribution in [-0.2, 0) is 30.4 Å². The summed E-state index contributed by atoms with van der Waals surface area (Å²) in [6.07, 6.45) is -0.574. The van der Waals surface area contributed by atoms with Gasteiger partial charge in [-0.1, -0.05) is 26.0 Å². The lowest BCUT2D eigenvalue weighted by Crippen LogP contribution is -2.57. The van der Waals surface area contributed by atoms with E-state index in [1.54, 1.807) is 26.0 Å². The van der Waals surface area contributed by atoms with Gasteiger partial charge in [0.2, 0.25) is 17.7 Å². The molecule has 0 saturated heterocycles. The van der Waals surface area contributed by atoms with Crippen LogP contribution < -0.4 is 21.7 Å². The van der Waals surface area contributed by atoms with Crippen LogP contribution >= 0.6 is 0 Å². The van der Waals surface area contributed by atoms with E-state index >= 15 is 0 Å². The van der Waals surface area contributed by atoms with Gasteiger partial charge in [-0.25, -0.2) is 0 Å². The number of carboxylic acids is 2. The molecule has 0 aliphatic heterocycles. The second-order valence-corrected chi connectivity index (χ2v) is 7.81. The van der Waals surface area contributed by atoms with Crippen LogP contribution in [0.3, 0.4) is 0 Å². The molecule has 3 unspecified atom stereocenters. The number of amides is 3. The average molecular weight is 466 g/mol. The third-order valence-corrected chi connectivity index (χ3v) is 4.67. The molecule has 1 rings (SSSR count). The number of aliphatic carboxylic acids is 2. The van der Waals surface area contributed by atoms with E-state index in [2.05, 4.69) is 16.0 Å². The highest BCUT2D eigenvalue weighted by Crippen LogP contribution is 2.11. The number of carbonyl (C=O) groups is 5. The Hall–Kier alpha value is -3.67. The Morgan fingerprint density at radius 1 is 0.909 bits per heavy atom. The fourth-order valence-electron chi connectivity index (χ4n) is 2.86. The highest BCUT2D eigenvalue weighted by Gasteiger charge is 2.30. The molecule has 3 amide bonds. The molecule has 12 nitrogen and oxygen atoms in total. The van der Waals surface area contributed by atoms with Crippen LogP contribution in [0.5, 0.6) is 5.75 Å². The van der Waals surface area contributed by atoms with Crippen molar-refractivity contribution in [3.63, 3.8) is 0 Å². The van der Waals surface area contributed by atoms with Gasteiger partial charge in [-0.15, -0.1) is 0 Å². The first-order chi connectivity index (χ1) is 15.4. The van der Waals surface area contributed by atoms with Crippen molar-refractivity contribution in [2.24, 2.45) is 11.7 Å². The topological polar surface area (TPSA) is 208 Å². The quantitative estimate of drug-likeness (QED) is 0.189. The maximum Gasteiger partial charge on any atom is 0.322 e. The Labute approximate surface area is 190 Å². The van der Waals surface area contributed by atoms with Crippen molar-refractivity contribution in [1.29, 1.82) is 0 Å². The second kappa shape index (κ2) is 13.0. The monoisotopic (exact) mass is 466 g/mol. The molecule has 0 saturated carbocycles. The molecular formula is C21H30N4O8. The van der Waals surface area contributed by atoms with Crippen molar-refractivity contribution >= 4 is 29.7 Å². The van der Waals surface area contributed by atoms with E-state index in [0.717, 1.165) is 0 Å². The van der Waals surface area contributed by atoms with Gasteiger partial charge in [-0.05, 0) is 36.5 Å². The molecule has 0 aliphatic rings. The molecule has 12 heteroatoms. The summed E-state index contributed by atoms with van der Waals surface area (Å²) in [6, 6.07) is 2.59. The molecule has 0 radical (unpaired) electrons. The molecule has 1 aromatic rings. The number of rotatable bonds is 13. The summed E-state index contributed by atoms with van der Waals surface area (Å²) in [7, 11) is 0. The zero-order chi connectivity index (χ0) is 25.1. The summed E-state index contributed by atoms with van der Waals surface area (Å²) in [5, 5.41) is 34.1. The summed E-state index contributed by atoms with van der Waals surface area (Å²) >= 11 is 0. The van der Waals surface area contributed by atoms with Crippen molar-refractivity contribution in [1.82, 2.24) is 16.0 Å². The van der Waals surface area contributed by atoms with Crippen molar-refractivity contribution < 1.29 is 39.3 Å². The second-order valence-electron chi connectivity index (χ2n) is 7.81. The largest absolute Gasteiger partial charge is 0.508 e. The average Bonchev–Trinajstić information content (AvgIpc) is 2.73. The van der Waals surface area contributed by atoms with Crippen molar-refractivity contribution in [3.05, 3.63) is 29.8 Å². The highest BCUT2D eigenvalue weighted by molar-refractivity contribution is 5.94. The molecule has 0 aromatic heterocycles. The highest BCUT2D eigenvalue weighted by atomic mass is 16.4. The fourth-order valence-corrected chi connectivity index (χ4v) is 2.86. The number of carbonyl (C=O) groups excluding carboxylic acids is 3. The number of benzene rings is 1. The minimum absolute atomic E-state index is 0.0503. The van der Waals surface area contributed by atoms with E-state index in [1.165, 1.54) is 12.1 Å². The first kappa shape index (κ1) is 27.4. The number of phenols is 1. The molecule has 182 valence electrons. The molecule has 0 heterocycles. The number of hydrogen-bond acceptors (Lipinski definition) is 7. The first-order valence-electron chi connectivity index (χ1n) is 10.3. The van der Waals surface area contributed by atoms with Crippen molar-refractivity contribution in [2.45, 2.75) is 51.2 Å². The van der Waals surface area contributed by atoms with E-state index in [9.17, 15) is 29.1 Å². The summed E-state index contributed by atoms with van der Waals surface area (Å²) in [4.78, 5) is 59.3. The third kappa shape index (κ3) is 9.99. The molecule has 0 fully saturated rings. The van der Waals surface area contributed by atoms with Gasteiger partial charge in [0.25, 0.3) is 0 Å². The van der Waals surface area contributed by atoms with Crippen molar-refractivity contribution in [2.75, 3.05) is 6.54 Å². The van der Waals surface area contributed by atoms with Gasteiger partial charge < -0.3 is 37.0 Å². The van der Waals surface area contributed by atoms with Crippen LogP contribution in [0.4, 0.5) is 0 Å². The van der Waals surface area contributed by atoms with Gasteiger partial charge in [0.05, 0.1) is 6.04 Å². The Morgan fingerprint density at radius 3 is 2.03 bits per heavy atom. The van der Waals surface area contributed by atoms with Crippen LogP contribution in [0.25, 0.3) is 0 Å². The number of phenolic OH excluding ortho intramolecular Hbond substituents is 1. The lowest BCUT2D eigenvalue weighted by atomic mass is 10.0. The Bertz CT molecular complexity index is 856. The standard InChI is InChI=1S/C21H30N4O8/c1-11(2)18(21(33)23-10-17(29)30)25-20(32)15(7-8-16(27)28)24-19(31)14(22)9-12-3-5-13(26)6-4-12/h3-6,11,14-15,18,26H,7-10,22H2,1-2H3,(H,23,33)(H,24,31)(H,25,32)(H,27,28)(H,29,30). The smallest absolute Gasteiger partial charge is 0.322 e. The Balaban J connectivity index is 2.88. The molecule has 0 aliphatic carbocycles. The number of hydrogen-bond donors (Lipinski definition) is 7. The van der Waals surface area contributed by atoms with Crippen molar-refractivity contribution in [3.8, 4) is 5.75 Å². The number of aromatic hydroxyl groups is 1. The molecule has 1 aromatic carbocycles. The van der Waals surface area contributed by atoms with Gasteiger partial charge in [-0.3, -0.25) is 24.0 Å². The van der Waals surface area contributed by atoms with Gasteiger partial charge in [0, 0.05) is 6.42 Å². The number of nitrogens with two attached hydrogens (primary N) is 1. The van der Waals surface area contributed by atoms with E-state index in [0.29, 0.717) is 5.56 Å². The fraction of sp³-hybridized carbons (Fsp3) is 0.476. The zero-order valence-electron chi connectivity index (χ0n) is 18.4. The number of nitrogens with one attached hydrogen (secondary N) is 3. The number of carboxylic acid groups (broad SMARTS) is 2. The van der Waals surface area contributed by atoms with Crippen LogP contribution in [0.15, 0.2) is 24.3 Å². The predicted octanol–water partition coefficient (Wildman–Crippen LogP) is -1.05. The van der Waals surface area contributed by atoms with Gasteiger partial charge in [-0.2, -0.15) is 0 Å². The van der Waals surface area contributed by atoms with Gasteiger partial charge >= 0.3 is 11.9 Å². The van der Waals surface area contributed by atoms with Crippen LogP contribution in [-0.4, -0.2) is 69.7 Å². The molecule has 3 atom stereocenters. The predicted molar refractivity (Wildman–Crippen MR) is 116 cm³/mol. The van der Waals surface area contributed by atoms with E-state index in [1.807, 2.05) is 0 Å². The third-order valence-electron chi connectivity index (χ3n) is 4.67. The Kier molecular flexibility index (Phi) is 10.8. The summed E-state index contributed by atoms with van der Waals surface area (Å²) in [5.41, 5.74) is 6.58. The Morgan fingerprint density at radius 2 is 1.52 bits per heavy atom. The molecular weight excluding hydrogens is 436 g/mol. The summed E-state index contributed by atoms with van der Waals surface area (Å²) in [5.74, 6) is -5.05. The summed E-state index contributed by atoms with van der Waals surface area (Å²) in [6.45, 7) is 2.62. The van der Waals surface area contributed by atoms with E-state index < -0.39 is 66.7 Å². The van der Waals surface area contributed by atoms with E-state index in [-0.39, 0.29) is 18.6 Å². The zero-order valence-corrected chi connectivity index (χ0v) is 18.4. The lowest BCUT2D eigenvalue weighted by Gasteiger charge is -2.25. The molecule has 0 bridgehead atoms. The molecule has 33 heavy (non-hydrogen) atoms. The maximum absolute atomic E-state index is 12.8. The first-order valence-corrected chi connectivity index (χ1v) is 10.3. The summed E-state index contributed by atoms with van der Waals surface area (Å²) < 4.78 is 0. The minimum atomic E-state index is -1.28. The minimum Gasteiger partial charge on any atom is -0.508 e. The van der Waals surface area contributed by atoms with Gasteiger partial charge in [0.15, 0.2) is 0 Å². The molecule has 8 N–H and O–H groups in total. The van der Waals surface area contributed by atoms with Crippen LogP contribution in [0.1, 0.15) is 32.3 Å². The maximum atomic E-state index is 12.8. The normalized spacial score (nSPS) is 13.5. The van der Waals surface area contributed by atoms with Crippen LogP contribution in [0.2, 0.25) is 0 Å². The van der Waals surface area contributed by atoms with Gasteiger partial charge in [0.1, 0.15) is 24.4 Å². The lowest BCUT2D eigenvalue weighted by molar-refractivity contribution is -0.139. The van der Waals surface area contributed by atoms with E-state index in [4.69, 9.17) is 15.9 Å².